The smallest absolute Gasteiger partial charge is 0.0599 e. The number of aryl methyl sites for hydroxylation is 1. The van der Waals surface area contributed by atoms with Gasteiger partial charge in [0, 0.05) is 0 Å². The number of thiophene rings is 1. The van der Waals surface area contributed by atoms with Gasteiger partial charge in [-0.1, -0.05) is 0 Å². The Morgan fingerprint density at radius 3 is 2.25 bits per heavy atom. The van der Waals surface area contributed by atoms with Crippen LogP contribution >= 0.6 is 24.0 Å². The summed E-state index contributed by atoms with van der Waals surface area (Å²) >= 11 is 5.93. The fourth-order valence-electron chi connectivity index (χ4n) is 0.490. The van der Waals surface area contributed by atoms with Gasteiger partial charge in [0.15, 0.2) is 0 Å². The minimum atomic E-state index is 1.14. The van der Waals surface area contributed by atoms with Gasteiger partial charge in [-0.05, 0) is 30.4 Å². The van der Waals surface area contributed by atoms with Gasteiger partial charge in [-0.3, -0.25) is 0 Å². The monoisotopic (exact) mass is 144 g/mol. The Balaban J connectivity index is 3.19. The molecule has 0 aliphatic rings. The summed E-state index contributed by atoms with van der Waals surface area (Å²) in [6.07, 6.45) is 0. The van der Waals surface area contributed by atoms with Crippen molar-refractivity contribution in [2.75, 3.05) is 0 Å². The van der Waals surface area contributed by atoms with E-state index in [2.05, 4.69) is 31.9 Å². The van der Waals surface area contributed by atoms with Gasteiger partial charge in [-0.25, -0.2) is 0 Å². The van der Waals surface area contributed by atoms with Crippen molar-refractivity contribution in [3.05, 3.63) is 16.5 Å². The third-order valence-corrected chi connectivity index (χ3v) is 2.91. The topological polar surface area (TPSA) is 0 Å². The minimum Gasteiger partial charge on any atom is -0.137 e. The van der Waals surface area contributed by atoms with Crippen molar-refractivity contribution in [3.8, 4) is 0 Å². The van der Waals surface area contributed by atoms with Crippen molar-refractivity contribution in [2.45, 2.75) is 18.1 Å². The van der Waals surface area contributed by atoms with Crippen LogP contribution in [0.25, 0.3) is 0 Å². The summed E-state index contributed by atoms with van der Waals surface area (Å²) in [6, 6.07) is 0. The molecular weight excluding hydrogens is 136 g/mol. The summed E-state index contributed by atoms with van der Waals surface area (Å²) in [5.41, 5.74) is 2.67. The van der Waals surface area contributed by atoms with Gasteiger partial charge in [0.1, 0.15) is 0 Å². The lowest BCUT2D eigenvalue weighted by Gasteiger charge is -1.85. The first-order valence-electron chi connectivity index (χ1n) is 2.45. The summed E-state index contributed by atoms with van der Waals surface area (Å²) in [5.74, 6) is 0. The molecule has 0 spiro atoms. The van der Waals surface area contributed by atoms with Crippen LogP contribution in [0.1, 0.15) is 11.1 Å². The van der Waals surface area contributed by atoms with E-state index in [-0.39, 0.29) is 0 Å². The van der Waals surface area contributed by atoms with Crippen LogP contribution in [0.3, 0.4) is 0 Å². The van der Waals surface area contributed by atoms with Crippen molar-refractivity contribution in [1.29, 1.82) is 0 Å². The van der Waals surface area contributed by atoms with E-state index in [1.807, 2.05) is 0 Å². The third kappa shape index (κ3) is 0.906. The van der Waals surface area contributed by atoms with Crippen LogP contribution in [0.2, 0.25) is 0 Å². The first kappa shape index (κ1) is 6.17. The van der Waals surface area contributed by atoms with Crippen molar-refractivity contribution in [2.24, 2.45) is 0 Å². The molecule has 0 nitrogen and oxygen atoms in total. The third-order valence-electron chi connectivity index (χ3n) is 1.26. The standard InChI is InChI=1S/C6H8S2/c1-4-3-8-6(7)5(4)2/h3,7H,1-2H3. The van der Waals surface area contributed by atoms with Gasteiger partial charge in [0.25, 0.3) is 0 Å². The molecule has 0 aliphatic heterocycles. The summed E-state index contributed by atoms with van der Waals surface area (Å²) < 4.78 is 1.14. The second-order valence-electron chi connectivity index (χ2n) is 1.85. The average molecular weight is 144 g/mol. The van der Waals surface area contributed by atoms with Crippen LogP contribution in [0.4, 0.5) is 0 Å². The Bertz CT molecular complexity index is 169. The lowest BCUT2D eigenvalue weighted by atomic mass is 10.2. The zero-order valence-electron chi connectivity index (χ0n) is 4.93. The van der Waals surface area contributed by atoms with E-state index in [0.717, 1.165) is 4.21 Å². The van der Waals surface area contributed by atoms with Gasteiger partial charge >= 0.3 is 0 Å². The highest BCUT2D eigenvalue weighted by Crippen LogP contribution is 2.23. The molecule has 0 aromatic carbocycles. The fourth-order valence-corrected chi connectivity index (χ4v) is 1.63. The Morgan fingerprint density at radius 2 is 2.12 bits per heavy atom. The molecule has 0 aliphatic carbocycles. The van der Waals surface area contributed by atoms with Gasteiger partial charge < -0.3 is 0 Å². The molecule has 0 saturated heterocycles. The lowest BCUT2D eigenvalue weighted by molar-refractivity contribution is 1.34. The van der Waals surface area contributed by atoms with Crippen LogP contribution in [0.15, 0.2) is 9.59 Å². The van der Waals surface area contributed by atoms with E-state index >= 15 is 0 Å². The highest BCUT2D eigenvalue weighted by molar-refractivity contribution is 7.82. The first-order chi connectivity index (χ1) is 3.72. The molecule has 0 bridgehead atoms. The van der Waals surface area contributed by atoms with Gasteiger partial charge in [-0.2, -0.15) is 0 Å². The highest BCUT2D eigenvalue weighted by Gasteiger charge is 1.96. The maximum Gasteiger partial charge on any atom is 0.0599 e. The van der Waals surface area contributed by atoms with Crippen LogP contribution < -0.4 is 0 Å². The van der Waals surface area contributed by atoms with Crippen molar-refractivity contribution in [3.63, 3.8) is 0 Å². The maximum absolute atomic E-state index is 4.24. The molecule has 0 atom stereocenters. The molecule has 0 radical (unpaired) electrons. The molecule has 1 aromatic rings. The zero-order chi connectivity index (χ0) is 6.15. The number of thiol groups is 1. The van der Waals surface area contributed by atoms with Gasteiger partial charge in [0.05, 0.1) is 4.21 Å². The number of hydrogen-bond donors (Lipinski definition) is 1. The highest BCUT2D eigenvalue weighted by atomic mass is 32.2. The van der Waals surface area contributed by atoms with Crippen molar-refractivity contribution in [1.82, 2.24) is 0 Å². The molecule has 0 saturated carbocycles. The molecular formula is C6H8S2. The molecule has 0 fully saturated rings. The average Bonchev–Trinajstić information content (AvgIpc) is 1.98. The molecule has 1 heterocycles. The van der Waals surface area contributed by atoms with E-state index < -0.39 is 0 Å². The van der Waals surface area contributed by atoms with Gasteiger partial charge in [0.2, 0.25) is 0 Å². The van der Waals surface area contributed by atoms with E-state index in [0.29, 0.717) is 0 Å². The van der Waals surface area contributed by atoms with E-state index in [4.69, 9.17) is 0 Å². The van der Waals surface area contributed by atoms with Crippen LogP contribution in [0, 0.1) is 13.8 Å². The van der Waals surface area contributed by atoms with Crippen LogP contribution in [-0.2, 0) is 0 Å². The Kier molecular flexibility index (Phi) is 1.63. The Labute approximate surface area is 59.0 Å². The van der Waals surface area contributed by atoms with E-state index in [9.17, 15) is 0 Å². The summed E-state index contributed by atoms with van der Waals surface area (Å²) in [6.45, 7) is 4.19. The summed E-state index contributed by atoms with van der Waals surface area (Å²) in [5, 5.41) is 2.12. The number of rotatable bonds is 0. The SMILES string of the molecule is Cc1csc(S)c1C. The van der Waals surface area contributed by atoms with E-state index in [1.54, 1.807) is 11.3 Å². The fraction of sp³-hybridized carbons (Fsp3) is 0.333. The molecule has 1 rings (SSSR count). The van der Waals surface area contributed by atoms with Crippen molar-refractivity contribution >= 4 is 24.0 Å². The maximum atomic E-state index is 4.24. The molecule has 2 heteroatoms. The largest absolute Gasteiger partial charge is 0.137 e. The predicted molar refractivity (Wildman–Crippen MR) is 41.0 cm³/mol. The quantitative estimate of drug-likeness (QED) is 0.532. The Hall–Kier alpha value is 0.0500. The van der Waals surface area contributed by atoms with Crippen molar-refractivity contribution < 1.29 is 0 Å². The zero-order valence-corrected chi connectivity index (χ0v) is 6.64. The molecule has 0 N–H and O–H groups in total. The molecule has 44 valence electrons. The Morgan fingerprint density at radius 1 is 1.50 bits per heavy atom. The molecule has 1 aromatic heterocycles. The van der Waals surface area contributed by atoms with Crippen LogP contribution in [-0.4, -0.2) is 0 Å². The molecule has 8 heavy (non-hydrogen) atoms. The summed E-state index contributed by atoms with van der Waals surface area (Å²) in [7, 11) is 0. The number of hydrogen-bond acceptors (Lipinski definition) is 2. The predicted octanol–water partition coefficient (Wildman–Crippen LogP) is 2.65. The van der Waals surface area contributed by atoms with Gasteiger partial charge in [-0.15, -0.1) is 24.0 Å². The second kappa shape index (κ2) is 2.11. The molecule has 0 unspecified atom stereocenters. The first-order valence-corrected chi connectivity index (χ1v) is 3.78. The molecule has 0 amide bonds. The normalized spacial score (nSPS) is 9.88. The lowest BCUT2D eigenvalue weighted by Crippen LogP contribution is -1.67. The van der Waals surface area contributed by atoms with E-state index in [1.165, 1.54) is 11.1 Å². The second-order valence-corrected chi connectivity index (χ2v) is 3.48. The van der Waals surface area contributed by atoms with Crippen LogP contribution in [0.5, 0.6) is 0 Å². The minimum absolute atomic E-state index is 1.14. The summed E-state index contributed by atoms with van der Waals surface area (Å²) in [4.78, 5) is 0.